The van der Waals surface area contributed by atoms with Crippen molar-refractivity contribution in [2.75, 3.05) is 0 Å². The molecule has 0 unspecified atom stereocenters. The van der Waals surface area contributed by atoms with Crippen LogP contribution in [-0.4, -0.2) is 17.5 Å². The summed E-state index contributed by atoms with van der Waals surface area (Å²) in [5, 5.41) is 0. The Bertz CT molecular complexity index is 1190. The Kier molecular flexibility index (Phi) is 5.82. The molecule has 4 saturated carbocycles. The van der Waals surface area contributed by atoms with E-state index >= 15 is 0 Å². The molecule has 8 rings (SSSR count). The molecule has 4 aliphatic carbocycles. The Morgan fingerprint density at radius 3 is 2.26 bits per heavy atom. The monoisotopic (exact) mass is 508 g/mol. The first-order chi connectivity index (χ1) is 18.4. The van der Waals surface area contributed by atoms with E-state index < -0.39 is 5.60 Å². The third-order valence-corrected chi connectivity index (χ3v) is 12.5. The molecular weight excluding hydrogens is 464 g/mol. The van der Waals surface area contributed by atoms with Gasteiger partial charge in [-0.05, 0) is 103 Å². The Balaban J connectivity index is 1.17. The molecular formula is C36H44O2. The van der Waals surface area contributed by atoms with E-state index in [2.05, 4.69) is 87.5 Å². The van der Waals surface area contributed by atoms with Gasteiger partial charge in [0.1, 0.15) is 5.60 Å². The molecule has 0 N–H and O–H groups in total. The first kappa shape index (κ1) is 24.8. The van der Waals surface area contributed by atoms with Gasteiger partial charge in [-0.2, -0.15) is 0 Å². The number of hydrogen-bond acceptors (Lipinski definition) is 2. The van der Waals surface area contributed by atoms with Crippen molar-refractivity contribution in [2.45, 2.75) is 90.3 Å². The Labute approximate surface area is 229 Å². The maximum Gasteiger partial charge on any atom is 0.166 e. The minimum Gasteiger partial charge on any atom is -0.363 e. The highest BCUT2D eigenvalue weighted by molar-refractivity contribution is 5.91. The Morgan fingerprint density at radius 2 is 1.58 bits per heavy atom. The van der Waals surface area contributed by atoms with E-state index in [1.165, 1.54) is 55.2 Å². The van der Waals surface area contributed by atoms with E-state index in [1.807, 2.05) is 0 Å². The van der Waals surface area contributed by atoms with Gasteiger partial charge >= 0.3 is 0 Å². The molecule has 200 valence electrons. The smallest absolute Gasteiger partial charge is 0.166 e. The number of Topliss-reactive ketones (excluding diaryl/α,β-unsaturated/α-hetero) is 1. The maximum absolute atomic E-state index is 14.4. The fourth-order valence-electron chi connectivity index (χ4n) is 10.7. The van der Waals surface area contributed by atoms with Gasteiger partial charge in [0.15, 0.2) is 5.78 Å². The summed E-state index contributed by atoms with van der Waals surface area (Å²) < 4.78 is 6.93. The van der Waals surface area contributed by atoms with Crippen molar-refractivity contribution in [3.05, 3.63) is 77.9 Å². The molecule has 2 aromatic rings. The van der Waals surface area contributed by atoms with Gasteiger partial charge in [0.05, 0.1) is 6.10 Å². The predicted octanol–water partition coefficient (Wildman–Crippen LogP) is 8.50. The van der Waals surface area contributed by atoms with Gasteiger partial charge in [0, 0.05) is 11.8 Å². The lowest BCUT2D eigenvalue weighted by molar-refractivity contribution is -0.307. The van der Waals surface area contributed by atoms with Gasteiger partial charge in [0.2, 0.25) is 0 Å². The topological polar surface area (TPSA) is 26.3 Å². The Morgan fingerprint density at radius 1 is 0.921 bits per heavy atom. The molecule has 0 aromatic heterocycles. The minimum absolute atomic E-state index is 0.0653. The maximum atomic E-state index is 14.4. The van der Waals surface area contributed by atoms with Crippen LogP contribution in [0.3, 0.4) is 0 Å². The van der Waals surface area contributed by atoms with Crippen LogP contribution >= 0.6 is 0 Å². The van der Waals surface area contributed by atoms with Crippen molar-refractivity contribution < 1.29 is 9.53 Å². The average molecular weight is 509 g/mol. The molecule has 0 radical (unpaired) electrons. The molecule has 2 heteroatoms. The summed E-state index contributed by atoms with van der Waals surface area (Å²) in [7, 11) is 0. The number of hydrogen-bond donors (Lipinski definition) is 0. The van der Waals surface area contributed by atoms with Gasteiger partial charge in [0.25, 0.3) is 0 Å². The number of carbonyl (C=O) groups excluding carboxylic acids is 1. The van der Waals surface area contributed by atoms with Crippen LogP contribution < -0.4 is 0 Å². The highest BCUT2D eigenvalue weighted by atomic mass is 16.5. The largest absolute Gasteiger partial charge is 0.363 e. The third kappa shape index (κ3) is 3.38. The minimum atomic E-state index is -0.479. The molecule has 4 bridgehead atoms. The van der Waals surface area contributed by atoms with Gasteiger partial charge < -0.3 is 4.74 Å². The second-order valence-corrected chi connectivity index (χ2v) is 14.0. The van der Waals surface area contributed by atoms with Crippen molar-refractivity contribution in [3.8, 4) is 0 Å². The number of rotatable bonds is 5. The molecule has 2 saturated heterocycles. The standard InChI is InChI=1S/C36H44O2/c1-24(14-16-29(25-10-6-4-7-11-25)26-12-8-5-9-13-26)30-18-19-31-32-17-15-27-22-28-20-21-35(27,3)36(32,38-28)33(37)23-34(30,31)2/h4-13,16,24,27-28,30-32H,14-15,17-23H2,1-3H3/t24-,27+,28-,30-,31-,32-,34-,35+,36+/m1/s1. The van der Waals surface area contributed by atoms with Gasteiger partial charge in [-0.15, -0.1) is 0 Å². The summed E-state index contributed by atoms with van der Waals surface area (Å²) in [4.78, 5) is 14.4. The second-order valence-electron chi connectivity index (χ2n) is 14.0. The summed E-state index contributed by atoms with van der Waals surface area (Å²) in [5.74, 6) is 3.34. The number of carbonyl (C=O) groups is 1. The van der Waals surface area contributed by atoms with Crippen molar-refractivity contribution in [1.82, 2.24) is 0 Å². The number of allylic oxidation sites excluding steroid dienone is 1. The fourth-order valence-corrected chi connectivity index (χ4v) is 10.7. The molecule has 6 fully saturated rings. The number of ether oxygens (including phenoxy) is 1. The van der Waals surface area contributed by atoms with E-state index in [4.69, 9.17) is 4.74 Å². The zero-order valence-electron chi connectivity index (χ0n) is 23.5. The molecule has 2 nitrogen and oxygen atoms in total. The molecule has 2 aliphatic heterocycles. The molecule has 2 aromatic carbocycles. The summed E-state index contributed by atoms with van der Waals surface area (Å²) in [6.07, 6.45) is 13.2. The van der Waals surface area contributed by atoms with E-state index in [-0.39, 0.29) is 10.8 Å². The molecule has 0 amide bonds. The third-order valence-electron chi connectivity index (χ3n) is 12.5. The lowest BCUT2D eigenvalue weighted by Crippen LogP contribution is -2.75. The van der Waals surface area contributed by atoms with Crippen molar-refractivity contribution in [2.24, 2.45) is 40.4 Å². The van der Waals surface area contributed by atoms with E-state index in [0.717, 1.165) is 19.3 Å². The van der Waals surface area contributed by atoms with Crippen LogP contribution in [0.15, 0.2) is 66.7 Å². The molecule has 9 atom stereocenters. The van der Waals surface area contributed by atoms with E-state index in [9.17, 15) is 4.79 Å². The number of fused-ring (bicyclic) bond motifs is 3. The quantitative estimate of drug-likeness (QED) is 0.405. The van der Waals surface area contributed by atoms with Gasteiger partial charge in [-0.1, -0.05) is 87.5 Å². The summed E-state index contributed by atoms with van der Waals surface area (Å²) >= 11 is 0. The number of benzene rings is 2. The van der Waals surface area contributed by atoms with Gasteiger partial charge in [-0.25, -0.2) is 0 Å². The normalized spacial score (nSPS) is 41.8. The predicted molar refractivity (Wildman–Crippen MR) is 153 cm³/mol. The molecule has 38 heavy (non-hydrogen) atoms. The lowest BCUT2D eigenvalue weighted by Gasteiger charge is -2.70. The summed E-state index contributed by atoms with van der Waals surface area (Å²) in [5.41, 5.74) is 3.58. The highest BCUT2D eigenvalue weighted by Crippen LogP contribution is 2.72. The SMILES string of the molecule is C[C@H](CC=C(c1ccccc1)c1ccccc1)[C@H]1CC[C@@H]2[C@H]3CC[C@H]4C[C@H]5CC[C@]4(C)[C@@]3(O5)C(=O)C[C@]12C. The molecule has 1 spiro atoms. The first-order valence-corrected chi connectivity index (χ1v) is 15.4. The van der Waals surface area contributed by atoms with Crippen LogP contribution in [0.1, 0.15) is 89.7 Å². The fraction of sp³-hybridized carbons (Fsp3) is 0.583. The Hall–Kier alpha value is -2.19. The van der Waals surface area contributed by atoms with Crippen LogP contribution in [0.4, 0.5) is 0 Å². The zero-order chi connectivity index (χ0) is 26.1. The average Bonchev–Trinajstić information content (AvgIpc) is 3.26. The van der Waals surface area contributed by atoms with Crippen molar-refractivity contribution >= 4 is 11.4 Å². The van der Waals surface area contributed by atoms with E-state index in [0.29, 0.717) is 41.5 Å². The van der Waals surface area contributed by atoms with Crippen LogP contribution in [0.5, 0.6) is 0 Å². The summed E-state index contributed by atoms with van der Waals surface area (Å²) in [6.45, 7) is 7.38. The summed E-state index contributed by atoms with van der Waals surface area (Å²) in [6, 6.07) is 21.6. The molecule has 6 aliphatic rings. The number of ketones is 1. The van der Waals surface area contributed by atoms with Gasteiger partial charge in [-0.3, -0.25) is 4.79 Å². The van der Waals surface area contributed by atoms with Crippen LogP contribution in [0.2, 0.25) is 0 Å². The van der Waals surface area contributed by atoms with Crippen LogP contribution in [0.25, 0.3) is 5.57 Å². The van der Waals surface area contributed by atoms with Crippen LogP contribution in [0, 0.1) is 40.4 Å². The van der Waals surface area contributed by atoms with Crippen LogP contribution in [-0.2, 0) is 9.53 Å². The second kappa shape index (κ2) is 8.91. The zero-order valence-corrected chi connectivity index (χ0v) is 23.5. The first-order valence-electron chi connectivity index (χ1n) is 15.4. The molecule has 2 heterocycles. The van der Waals surface area contributed by atoms with E-state index in [1.54, 1.807) is 0 Å². The highest BCUT2D eigenvalue weighted by Gasteiger charge is 2.74. The van der Waals surface area contributed by atoms with Crippen molar-refractivity contribution in [3.63, 3.8) is 0 Å². The lowest BCUT2D eigenvalue weighted by atomic mass is 9.40. The van der Waals surface area contributed by atoms with Crippen molar-refractivity contribution in [1.29, 1.82) is 0 Å².